The van der Waals surface area contributed by atoms with Gasteiger partial charge in [-0.1, -0.05) is 120 Å². The largest absolute Gasteiger partial charge is 0.406 e. The van der Waals surface area contributed by atoms with Crippen molar-refractivity contribution in [1.82, 2.24) is 35.5 Å². The first kappa shape index (κ1) is 69.6. The van der Waals surface area contributed by atoms with Gasteiger partial charge in [-0.05, 0) is 119 Å². The molecule has 2 aliphatic rings. The second kappa shape index (κ2) is 33.8. The van der Waals surface area contributed by atoms with E-state index in [1.54, 1.807) is 12.4 Å². The van der Waals surface area contributed by atoms with Crippen LogP contribution in [-0.2, 0) is 17.7 Å². The molecule has 77 heavy (non-hydrogen) atoms. The van der Waals surface area contributed by atoms with Crippen molar-refractivity contribution in [3.63, 3.8) is 0 Å². The normalized spacial score (nSPS) is 17.2. The van der Waals surface area contributed by atoms with E-state index in [2.05, 4.69) is 133 Å². The van der Waals surface area contributed by atoms with Crippen LogP contribution >= 0.6 is 0 Å². The Labute approximate surface area is 466 Å². The van der Waals surface area contributed by atoms with E-state index in [1.165, 1.54) is 4.57 Å². The van der Waals surface area contributed by atoms with Crippen molar-refractivity contribution in [1.29, 1.82) is 0 Å². The number of hydrogen-bond acceptors (Lipinski definition) is 9. The van der Waals surface area contributed by atoms with E-state index < -0.39 is 12.7 Å². The molecule has 2 aliphatic heterocycles. The van der Waals surface area contributed by atoms with Gasteiger partial charge in [0.05, 0.1) is 48.6 Å². The lowest BCUT2D eigenvalue weighted by Crippen LogP contribution is -2.67. The average molecular weight is 1070 g/mol. The Hall–Kier alpha value is -5.37. The van der Waals surface area contributed by atoms with E-state index in [4.69, 9.17) is 20.4 Å². The van der Waals surface area contributed by atoms with Gasteiger partial charge in [0, 0.05) is 71.7 Å². The summed E-state index contributed by atoms with van der Waals surface area (Å²) in [6.07, 6.45) is 12.9. The standard InChI is InChI=1S/C39H54F3N5.C19H34N4O.2C2H6.C2H4/c1-9-12-19-37(6,7)25-32-31-23-29(33(11-3)45-28(5)24-38(8)20-13-14-22-44-46-38)17-18-34(31)47(26-39(40,41)42)36(32)30-16-15-21-43-35(30)27(4)10-2;1-8-10-11-24-19(12-21-9-2)13-23(14-19)17(6)22(7)18(15(3)4)16(5)20;3*1-2/h9,11,15-18,21,23,27,44,46H,1,10,12-14,19-20,22,24-26H2,2-8H3;8-9,15,18,21H,1-2,5-6,10-14,20H2,3-4,7H3;2*1-2H3;1-2H2/b33-11-,45-28?;;;;. The molecule has 0 saturated carbocycles. The quantitative estimate of drug-likeness (QED) is 0.0378. The van der Waals surface area contributed by atoms with Crippen molar-refractivity contribution in [2.75, 3.05) is 39.8 Å². The minimum Gasteiger partial charge on any atom is -0.401 e. The molecule has 1 aromatic carbocycles. The number of hydrogen-bond donors (Lipinski definition) is 4. The molecule has 0 amide bonds. The smallest absolute Gasteiger partial charge is 0.401 e. The number of ether oxygens (including phenoxy) is 1. The highest BCUT2D eigenvalue weighted by atomic mass is 19.4. The molecule has 2 aromatic heterocycles. The van der Waals surface area contributed by atoms with Gasteiger partial charge in [0.1, 0.15) is 12.1 Å². The van der Waals surface area contributed by atoms with Gasteiger partial charge in [-0.2, -0.15) is 13.2 Å². The summed E-state index contributed by atoms with van der Waals surface area (Å²) in [7, 11) is 2.02. The fraction of sp³-hybridized carbons (Fsp3) is 0.562. The molecule has 0 radical (unpaired) electrons. The molecule has 13 heteroatoms. The SMILES string of the molecule is C=C.C=CCCC(C)(C)Cc1c(-c2cccnc2C(C)CC)n(CC(F)(F)F)c2ccc(/C(=C/C)N=C(C)CC3(C)CCCCNN3)cc12.C=CCCOC1(CNC=C)CN(C(=C)N(C)C(C(=C)N)C(C)C)C1.CC.CC. The Morgan fingerprint density at radius 2 is 1.68 bits per heavy atom. The predicted molar refractivity (Wildman–Crippen MR) is 328 cm³/mol. The van der Waals surface area contributed by atoms with E-state index in [-0.39, 0.29) is 28.5 Å². The zero-order valence-electron chi connectivity index (χ0n) is 50.4. The van der Waals surface area contributed by atoms with Crippen molar-refractivity contribution in [3.8, 4) is 11.3 Å². The number of nitrogens with two attached hydrogens (primary N) is 1. The molecule has 0 spiro atoms. The monoisotopic (exact) mass is 1070 g/mol. The van der Waals surface area contributed by atoms with Crippen LogP contribution in [0, 0.1) is 11.3 Å². The number of rotatable bonds is 25. The second-order valence-corrected chi connectivity index (χ2v) is 21.3. The molecular formula is C64H104F3N9O. The van der Waals surface area contributed by atoms with Crippen LogP contribution in [0.25, 0.3) is 27.9 Å². The molecule has 3 atom stereocenters. The number of nitrogens with zero attached hydrogens (tertiary/aromatic N) is 5. The van der Waals surface area contributed by atoms with E-state index in [1.807, 2.05) is 84.2 Å². The van der Waals surface area contributed by atoms with Crippen LogP contribution in [0.5, 0.6) is 0 Å². The summed E-state index contributed by atoms with van der Waals surface area (Å²) in [5.41, 5.74) is 19.4. The third kappa shape index (κ3) is 20.7. The lowest BCUT2D eigenvalue weighted by atomic mass is 9.80. The van der Waals surface area contributed by atoms with Gasteiger partial charge in [-0.3, -0.25) is 20.8 Å². The molecule has 10 nitrogen and oxygen atoms in total. The van der Waals surface area contributed by atoms with E-state index in [9.17, 15) is 13.2 Å². The summed E-state index contributed by atoms with van der Waals surface area (Å²) >= 11 is 0. The molecule has 5 rings (SSSR count). The van der Waals surface area contributed by atoms with E-state index >= 15 is 0 Å². The number of halogens is 3. The highest BCUT2D eigenvalue weighted by Gasteiger charge is 2.45. The van der Waals surface area contributed by atoms with Gasteiger partial charge >= 0.3 is 6.18 Å². The summed E-state index contributed by atoms with van der Waals surface area (Å²) in [6, 6.07) is 9.68. The Kier molecular flexibility index (Phi) is 30.6. The molecule has 0 aliphatic carbocycles. The molecule has 2 fully saturated rings. The molecule has 432 valence electrons. The number of benzene rings is 1. The van der Waals surface area contributed by atoms with E-state index in [0.717, 1.165) is 123 Å². The number of likely N-dealkylation sites (N-methyl/N-ethyl adjacent to an activating group) is 1. The maximum absolute atomic E-state index is 14.4. The second-order valence-electron chi connectivity index (χ2n) is 21.3. The molecule has 4 heterocycles. The maximum Gasteiger partial charge on any atom is 0.406 e. The molecular weight excluding hydrogens is 968 g/mol. The summed E-state index contributed by atoms with van der Waals surface area (Å²) in [5.74, 6) is 1.40. The van der Waals surface area contributed by atoms with Crippen molar-refractivity contribution < 1.29 is 17.9 Å². The highest BCUT2D eigenvalue weighted by Crippen LogP contribution is 2.44. The predicted octanol–water partition coefficient (Wildman–Crippen LogP) is 15.7. The minimum atomic E-state index is -4.40. The summed E-state index contributed by atoms with van der Waals surface area (Å²) < 4.78 is 50.7. The lowest BCUT2D eigenvalue weighted by Gasteiger charge is -2.53. The fourth-order valence-corrected chi connectivity index (χ4v) is 10.2. The van der Waals surface area contributed by atoms with Crippen LogP contribution < -0.4 is 21.9 Å². The number of pyridine rings is 1. The zero-order chi connectivity index (χ0) is 58.7. The summed E-state index contributed by atoms with van der Waals surface area (Å²) in [5, 5.41) is 4.01. The Balaban J connectivity index is 0.000000831. The van der Waals surface area contributed by atoms with Crippen LogP contribution in [0.3, 0.4) is 0 Å². The number of alkyl halides is 3. The van der Waals surface area contributed by atoms with E-state index in [0.29, 0.717) is 35.9 Å². The maximum atomic E-state index is 14.4. The third-order valence-corrected chi connectivity index (χ3v) is 14.0. The van der Waals surface area contributed by atoms with Crippen molar-refractivity contribution >= 4 is 22.3 Å². The van der Waals surface area contributed by atoms with Crippen molar-refractivity contribution in [3.05, 3.63) is 135 Å². The van der Waals surface area contributed by atoms with Gasteiger partial charge in [0.15, 0.2) is 0 Å². The van der Waals surface area contributed by atoms with Gasteiger partial charge in [-0.25, -0.2) is 0 Å². The molecule has 0 bridgehead atoms. The van der Waals surface area contributed by atoms with Crippen molar-refractivity contribution in [2.24, 2.45) is 22.1 Å². The summed E-state index contributed by atoms with van der Waals surface area (Å²) in [4.78, 5) is 14.1. The van der Waals surface area contributed by atoms with Gasteiger partial charge < -0.3 is 30.2 Å². The number of likely N-dealkylation sites (tertiary alicyclic amines) is 1. The molecule has 2 saturated heterocycles. The number of fused-ring (bicyclic) bond motifs is 1. The van der Waals surface area contributed by atoms with Crippen molar-refractivity contribution in [2.45, 2.75) is 184 Å². The van der Waals surface area contributed by atoms with Crippen LogP contribution in [0.4, 0.5) is 13.2 Å². The Morgan fingerprint density at radius 1 is 1.03 bits per heavy atom. The van der Waals surface area contributed by atoms with Crippen LogP contribution in [0.1, 0.15) is 164 Å². The number of allylic oxidation sites excluding steroid dienone is 2. The molecule has 5 N–H and O–H groups in total. The zero-order valence-corrected chi connectivity index (χ0v) is 50.4. The van der Waals surface area contributed by atoms with Crippen LogP contribution in [-0.4, -0.2) is 88.3 Å². The Morgan fingerprint density at radius 3 is 2.23 bits per heavy atom. The summed E-state index contributed by atoms with van der Waals surface area (Å²) in [6.45, 7) is 55.5. The van der Waals surface area contributed by atoms with Gasteiger partial charge in [0.25, 0.3) is 0 Å². The van der Waals surface area contributed by atoms with Crippen LogP contribution in [0.15, 0.2) is 124 Å². The van der Waals surface area contributed by atoms with Gasteiger partial charge in [0.2, 0.25) is 0 Å². The van der Waals surface area contributed by atoms with Gasteiger partial charge in [-0.15, -0.1) is 26.3 Å². The first-order valence-corrected chi connectivity index (χ1v) is 28.2. The number of aliphatic imine (C=N–C) groups is 1. The highest BCUT2D eigenvalue weighted by molar-refractivity contribution is 5.96. The number of aromatic nitrogens is 2. The lowest BCUT2D eigenvalue weighted by molar-refractivity contribution is -0.139. The first-order valence-electron chi connectivity index (χ1n) is 28.2. The van der Waals surface area contributed by atoms with Crippen LogP contribution in [0.2, 0.25) is 0 Å². The fourth-order valence-electron chi connectivity index (χ4n) is 10.2. The molecule has 3 aromatic rings. The topological polar surface area (TPSA) is 108 Å². The molecule has 3 unspecified atom stereocenters. The number of hydrazine groups is 1. The number of nitrogens with one attached hydrogen (secondary N) is 3. The average Bonchev–Trinajstić information content (AvgIpc) is 3.49. The minimum absolute atomic E-state index is 0.0699. The third-order valence-electron chi connectivity index (χ3n) is 14.0. The first-order chi connectivity index (χ1) is 36.5. The Bertz CT molecular complexity index is 2340.